The molecule has 2 aromatic carbocycles. The molecule has 1 heterocycles. The van der Waals surface area contributed by atoms with Gasteiger partial charge in [-0.05, 0) is 24.6 Å². The minimum absolute atomic E-state index is 0.313. The van der Waals surface area contributed by atoms with E-state index in [0.717, 1.165) is 11.4 Å². The molecule has 0 spiro atoms. The van der Waals surface area contributed by atoms with Crippen molar-refractivity contribution < 1.29 is 4.21 Å². The first-order chi connectivity index (χ1) is 8.75. The molecule has 1 saturated heterocycles. The zero-order valence-corrected chi connectivity index (χ0v) is 11.1. The van der Waals surface area contributed by atoms with Crippen LogP contribution in [0.1, 0.15) is 17.2 Å². The number of nitrogens with zero attached hydrogens (tertiary/aromatic N) is 1. The highest BCUT2D eigenvalue weighted by atomic mass is 32.2. The van der Waals surface area contributed by atoms with Gasteiger partial charge in [0.15, 0.2) is 0 Å². The van der Waals surface area contributed by atoms with E-state index in [1.54, 1.807) is 0 Å². The quantitative estimate of drug-likeness (QED) is 0.774. The van der Waals surface area contributed by atoms with Crippen LogP contribution in [-0.4, -0.2) is 15.1 Å². The molecule has 0 aromatic heterocycles. The Kier molecular flexibility index (Phi) is 3.02. The van der Waals surface area contributed by atoms with Crippen LogP contribution in [0.5, 0.6) is 0 Å². The standard InChI is InChI=1S/C15H15NOS/c1-12-7-9-14(10-8-12)18(17)16-11-15(16)13-5-3-2-4-6-13/h2-10,15H,11H2,1H3/t15-,16?,18-/m0/s1. The predicted octanol–water partition coefficient (Wildman–Crippen LogP) is 3.07. The molecule has 3 atom stereocenters. The summed E-state index contributed by atoms with van der Waals surface area (Å²) in [6.45, 7) is 2.92. The third-order valence-electron chi connectivity index (χ3n) is 3.19. The molecule has 3 rings (SSSR count). The second kappa shape index (κ2) is 4.67. The summed E-state index contributed by atoms with van der Waals surface area (Å²) < 4.78 is 14.4. The Morgan fingerprint density at radius 3 is 2.39 bits per heavy atom. The Morgan fingerprint density at radius 2 is 1.72 bits per heavy atom. The third kappa shape index (κ3) is 2.24. The van der Waals surface area contributed by atoms with Crippen molar-refractivity contribution in [3.63, 3.8) is 0 Å². The lowest BCUT2D eigenvalue weighted by Crippen LogP contribution is -2.04. The Labute approximate surface area is 110 Å². The molecule has 0 radical (unpaired) electrons. The van der Waals surface area contributed by atoms with Gasteiger partial charge in [-0.3, -0.25) is 0 Å². The van der Waals surface area contributed by atoms with Crippen molar-refractivity contribution in [3.8, 4) is 0 Å². The zero-order valence-electron chi connectivity index (χ0n) is 10.2. The van der Waals surface area contributed by atoms with Crippen LogP contribution >= 0.6 is 0 Å². The van der Waals surface area contributed by atoms with Crippen LogP contribution in [0.3, 0.4) is 0 Å². The largest absolute Gasteiger partial charge is 0.237 e. The van der Waals surface area contributed by atoms with Gasteiger partial charge in [-0.25, -0.2) is 8.51 Å². The van der Waals surface area contributed by atoms with Gasteiger partial charge in [0.05, 0.1) is 10.9 Å². The van der Waals surface area contributed by atoms with Gasteiger partial charge in [0.1, 0.15) is 11.0 Å². The molecule has 1 aliphatic rings. The number of rotatable bonds is 3. The Bertz CT molecular complexity index is 565. The van der Waals surface area contributed by atoms with Crippen LogP contribution in [-0.2, 0) is 11.0 Å². The molecule has 2 aromatic rings. The van der Waals surface area contributed by atoms with Gasteiger partial charge in [-0.1, -0.05) is 48.0 Å². The Balaban J connectivity index is 1.75. The van der Waals surface area contributed by atoms with E-state index in [1.165, 1.54) is 11.1 Å². The van der Waals surface area contributed by atoms with Crippen LogP contribution in [0.4, 0.5) is 0 Å². The number of hydrogen-bond donors (Lipinski definition) is 0. The molecule has 92 valence electrons. The molecule has 3 heteroatoms. The smallest absolute Gasteiger partial charge is 0.128 e. The van der Waals surface area contributed by atoms with Gasteiger partial charge in [-0.2, -0.15) is 0 Å². The first-order valence-electron chi connectivity index (χ1n) is 6.06. The molecular formula is C15H15NOS. The highest BCUT2D eigenvalue weighted by Gasteiger charge is 2.40. The van der Waals surface area contributed by atoms with Crippen molar-refractivity contribution in [2.24, 2.45) is 0 Å². The SMILES string of the molecule is Cc1ccc([S@](=O)N2C[C@H]2c2ccccc2)cc1. The molecular weight excluding hydrogens is 242 g/mol. The molecule has 0 aliphatic carbocycles. The van der Waals surface area contributed by atoms with Gasteiger partial charge < -0.3 is 0 Å². The van der Waals surface area contributed by atoms with Crippen LogP contribution in [0.2, 0.25) is 0 Å². The van der Waals surface area contributed by atoms with Crippen LogP contribution < -0.4 is 0 Å². The van der Waals surface area contributed by atoms with E-state index in [0.29, 0.717) is 6.04 Å². The first kappa shape index (κ1) is 11.6. The van der Waals surface area contributed by atoms with Gasteiger partial charge >= 0.3 is 0 Å². The summed E-state index contributed by atoms with van der Waals surface area (Å²) in [5.41, 5.74) is 2.44. The molecule has 0 N–H and O–H groups in total. The van der Waals surface area contributed by atoms with Crippen molar-refractivity contribution in [1.29, 1.82) is 0 Å². The molecule has 0 saturated carbocycles. The van der Waals surface area contributed by atoms with Gasteiger partial charge in [0.25, 0.3) is 0 Å². The van der Waals surface area contributed by atoms with Crippen molar-refractivity contribution in [1.82, 2.24) is 4.31 Å². The lowest BCUT2D eigenvalue weighted by atomic mass is 10.2. The Hall–Kier alpha value is -1.45. The molecule has 1 fully saturated rings. The monoisotopic (exact) mass is 257 g/mol. The van der Waals surface area contributed by atoms with E-state index in [-0.39, 0.29) is 0 Å². The van der Waals surface area contributed by atoms with E-state index in [1.807, 2.05) is 53.7 Å². The summed E-state index contributed by atoms with van der Waals surface area (Å²) in [5, 5.41) is 0. The first-order valence-corrected chi connectivity index (χ1v) is 7.16. The fourth-order valence-corrected chi connectivity index (χ4v) is 3.31. The average molecular weight is 257 g/mol. The topological polar surface area (TPSA) is 20.1 Å². The highest BCUT2D eigenvalue weighted by Crippen LogP contribution is 2.38. The van der Waals surface area contributed by atoms with Crippen molar-refractivity contribution in [2.75, 3.05) is 6.54 Å². The van der Waals surface area contributed by atoms with E-state index in [4.69, 9.17) is 0 Å². The van der Waals surface area contributed by atoms with Crippen LogP contribution in [0.15, 0.2) is 59.5 Å². The molecule has 0 amide bonds. The molecule has 1 aliphatic heterocycles. The van der Waals surface area contributed by atoms with Gasteiger partial charge in [0, 0.05) is 6.54 Å². The zero-order chi connectivity index (χ0) is 12.5. The van der Waals surface area contributed by atoms with Crippen molar-refractivity contribution in [3.05, 3.63) is 65.7 Å². The lowest BCUT2D eigenvalue weighted by molar-refractivity contribution is 0.647. The summed E-state index contributed by atoms with van der Waals surface area (Å²) in [7, 11) is -1.03. The molecule has 1 unspecified atom stereocenters. The maximum atomic E-state index is 12.3. The highest BCUT2D eigenvalue weighted by molar-refractivity contribution is 7.83. The Morgan fingerprint density at radius 1 is 1.06 bits per heavy atom. The summed E-state index contributed by atoms with van der Waals surface area (Å²) in [4.78, 5) is 0.888. The summed E-state index contributed by atoms with van der Waals surface area (Å²) in [6, 6.07) is 18.5. The fraction of sp³-hybridized carbons (Fsp3) is 0.200. The van der Waals surface area contributed by atoms with E-state index in [2.05, 4.69) is 12.1 Å². The van der Waals surface area contributed by atoms with Crippen LogP contribution in [0, 0.1) is 6.92 Å². The number of benzene rings is 2. The van der Waals surface area contributed by atoms with Crippen LogP contribution in [0.25, 0.3) is 0 Å². The maximum absolute atomic E-state index is 12.3. The number of aryl methyl sites for hydroxylation is 1. The van der Waals surface area contributed by atoms with E-state index in [9.17, 15) is 4.21 Å². The summed E-state index contributed by atoms with van der Waals surface area (Å²) in [5.74, 6) is 0. The van der Waals surface area contributed by atoms with E-state index < -0.39 is 11.0 Å². The second-order valence-corrected chi connectivity index (χ2v) is 6.03. The lowest BCUT2D eigenvalue weighted by Gasteiger charge is -2.04. The van der Waals surface area contributed by atoms with E-state index >= 15 is 0 Å². The molecule has 0 bridgehead atoms. The predicted molar refractivity (Wildman–Crippen MR) is 73.5 cm³/mol. The maximum Gasteiger partial charge on any atom is 0.128 e. The minimum Gasteiger partial charge on any atom is -0.237 e. The van der Waals surface area contributed by atoms with Gasteiger partial charge in [0.2, 0.25) is 0 Å². The second-order valence-electron chi connectivity index (χ2n) is 4.59. The van der Waals surface area contributed by atoms with Crippen molar-refractivity contribution >= 4 is 11.0 Å². The summed E-state index contributed by atoms with van der Waals surface area (Å²) in [6.07, 6.45) is 0. The third-order valence-corrected chi connectivity index (χ3v) is 4.69. The number of hydrogen-bond acceptors (Lipinski definition) is 1. The van der Waals surface area contributed by atoms with Gasteiger partial charge in [-0.15, -0.1) is 0 Å². The average Bonchev–Trinajstić information content (AvgIpc) is 3.20. The minimum atomic E-state index is -1.03. The molecule has 18 heavy (non-hydrogen) atoms. The normalized spacial score (nSPS) is 23.6. The van der Waals surface area contributed by atoms with Crippen molar-refractivity contribution in [2.45, 2.75) is 17.9 Å². The molecule has 2 nitrogen and oxygen atoms in total. The summed E-state index contributed by atoms with van der Waals surface area (Å²) >= 11 is 0. The fourth-order valence-electron chi connectivity index (χ4n) is 2.04.